The van der Waals surface area contributed by atoms with E-state index in [0.717, 1.165) is 12.1 Å². The number of hydrogen-bond acceptors (Lipinski definition) is 7. The maximum Gasteiger partial charge on any atom is 1.00 e. The number of aromatic carboxylic acids is 1. The van der Waals surface area contributed by atoms with Crippen LogP contribution >= 0.6 is 0 Å². The minimum Gasteiger partial charge on any atom is -0.487 e. The van der Waals surface area contributed by atoms with Crippen LogP contribution in [0.15, 0.2) is 17.0 Å². The van der Waals surface area contributed by atoms with Crippen LogP contribution in [0.4, 0.5) is 0 Å². The molecule has 1 aromatic rings. The Morgan fingerprint density at radius 1 is 1.13 bits per heavy atom. The van der Waals surface area contributed by atoms with Gasteiger partial charge in [0.05, 0.1) is 19.8 Å². The van der Waals surface area contributed by atoms with E-state index in [-0.39, 0.29) is 56.0 Å². The smallest absolute Gasteiger partial charge is 0.487 e. The summed E-state index contributed by atoms with van der Waals surface area (Å²) in [5.74, 6) is -2.80. The maximum absolute atomic E-state index is 11.8. The third-order valence-electron chi connectivity index (χ3n) is 2.35. The molecule has 23 heavy (non-hydrogen) atoms. The fraction of sp³-hybridized carbons (Fsp3) is 0.333. The van der Waals surface area contributed by atoms with Crippen LogP contribution < -0.4 is 29.6 Å². The van der Waals surface area contributed by atoms with Crippen molar-refractivity contribution in [2.45, 2.75) is 4.90 Å². The molecule has 122 valence electrons. The normalized spacial score (nSPS) is 10.7. The molecule has 11 heteroatoms. The van der Waals surface area contributed by atoms with Crippen molar-refractivity contribution in [3.05, 3.63) is 29.3 Å². The van der Waals surface area contributed by atoms with Gasteiger partial charge in [0.2, 0.25) is 0 Å². The molecule has 0 radical (unpaired) electrons. The summed E-state index contributed by atoms with van der Waals surface area (Å²) in [6, 6.07) is 4.00. The van der Waals surface area contributed by atoms with Gasteiger partial charge >= 0.3 is 29.6 Å². The van der Waals surface area contributed by atoms with Gasteiger partial charge < -0.3 is 19.7 Å². The molecule has 0 aromatic heterocycles. The van der Waals surface area contributed by atoms with Crippen LogP contribution in [0, 0.1) is 6.07 Å². The van der Waals surface area contributed by atoms with E-state index in [1.165, 1.54) is 0 Å². The molecule has 1 rings (SSSR count). The summed E-state index contributed by atoms with van der Waals surface area (Å²) in [5, 5.41) is 17.4. The number of hydrogen-bond donors (Lipinski definition) is 3. The predicted molar refractivity (Wildman–Crippen MR) is 70.2 cm³/mol. The Labute approximate surface area is 154 Å². The summed E-state index contributed by atoms with van der Waals surface area (Å²) in [6.07, 6.45) is 0. The maximum atomic E-state index is 11.8. The van der Waals surface area contributed by atoms with Crippen LogP contribution in [0.3, 0.4) is 0 Å². The van der Waals surface area contributed by atoms with E-state index in [4.69, 9.17) is 24.2 Å². The molecule has 3 N–H and O–H groups in total. The first-order chi connectivity index (χ1) is 10.3. The Bertz CT molecular complexity index is 656. The summed E-state index contributed by atoms with van der Waals surface area (Å²) in [5.41, 5.74) is -1.45. The molecule has 1 aromatic carbocycles. The van der Waals surface area contributed by atoms with Crippen molar-refractivity contribution in [1.82, 2.24) is 0 Å². The topological polar surface area (TPSA) is 147 Å². The monoisotopic (exact) mass is 356 g/mol. The van der Waals surface area contributed by atoms with Crippen LogP contribution in [0.1, 0.15) is 20.7 Å². The van der Waals surface area contributed by atoms with Gasteiger partial charge in [-0.2, -0.15) is 26.6 Å². The number of esters is 1. The Balaban J connectivity index is 0.00000484. The molecule has 0 bridgehead atoms. The van der Waals surface area contributed by atoms with Gasteiger partial charge in [-0.25, -0.2) is 0 Å². The first kappa shape index (κ1) is 22.0. The molecule has 0 aliphatic carbocycles. The molecule has 0 saturated carbocycles. The molecule has 0 fully saturated rings. The number of aliphatic hydroxyl groups is 1. The number of carboxylic acid groups (broad SMARTS) is 1. The van der Waals surface area contributed by atoms with Crippen LogP contribution in [0.25, 0.3) is 0 Å². The molecule has 0 spiro atoms. The standard InChI is InChI=1S/C12H13O9S.Na/c13-4-5-20-6-7-21-12(16)9-3-1-2-8(11(14)15)10(9)22(17,18)19;/h2-3,13H,4-7H2,(H,14,15)(H,17,18,19);/q-1;+1. The van der Waals surface area contributed by atoms with E-state index in [9.17, 15) is 18.0 Å². The molecule has 0 unspecified atom stereocenters. The van der Waals surface area contributed by atoms with E-state index in [1.807, 2.05) is 0 Å². The zero-order chi connectivity index (χ0) is 16.8. The second kappa shape index (κ2) is 9.98. The van der Waals surface area contributed by atoms with Gasteiger partial charge in [0, 0.05) is 4.90 Å². The fourth-order valence-electron chi connectivity index (χ4n) is 1.51. The molecular weight excluding hydrogens is 343 g/mol. The largest absolute Gasteiger partial charge is 1.00 e. The number of benzene rings is 1. The van der Waals surface area contributed by atoms with Crippen molar-refractivity contribution in [1.29, 1.82) is 0 Å². The number of aliphatic hydroxyl groups excluding tert-OH is 1. The van der Waals surface area contributed by atoms with Gasteiger partial charge in [0.15, 0.2) is 0 Å². The zero-order valence-corrected chi connectivity index (χ0v) is 15.0. The molecule has 0 aliphatic rings. The van der Waals surface area contributed by atoms with Crippen molar-refractivity contribution >= 4 is 22.1 Å². The van der Waals surface area contributed by atoms with Crippen molar-refractivity contribution < 1.29 is 71.8 Å². The van der Waals surface area contributed by atoms with Gasteiger partial charge in [0.25, 0.3) is 22.1 Å². The quantitative estimate of drug-likeness (QED) is 0.142. The number of carbonyl (C=O) groups is 2. The number of ether oxygens (including phenoxy) is 2. The minimum absolute atomic E-state index is 0. The molecule has 0 heterocycles. The van der Waals surface area contributed by atoms with Crippen molar-refractivity contribution in [2.75, 3.05) is 26.4 Å². The van der Waals surface area contributed by atoms with E-state index in [2.05, 4.69) is 6.07 Å². The number of rotatable bonds is 8. The molecule has 0 saturated heterocycles. The van der Waals surface area contributed by atoms with E-state index >= 15 is 0 Å². The Morgan fingerprint density at radius 3 is 2.26 bits per heavy atom. The van der Waals surface area contributed by atoms with Gasteiger partial charge in [0.1, 0.15) is 6.61 Å². The Kier molecular flexibility index (Phi) is 9.54. The third-order valence-corrected chi connectivity index (χ3v) is 3.31. The van der Waals surface area contributed by atoms with Crippen LogP contribution in [-0.4, -0.2) is 61.5 Å². The van der Waals surface area contributed by atoms with Crippen molar-refractivity contribution in [2.24, 2.45) is 0 Å². The third kappa shape index (κ3) is 6.55. The summed E-state index contributed by atoms with van der Waals surface area (Å²) >= 11 is 0. The van der Waals surface area contributed by atoms with Gasteiger partial charge in [-0.1, -0.05) is 0 Å². The van der Waals surface area contributed by atoms with E-state index < -0.39 is 38.1 Å². The van der Waals surface area contributed by atoms with Gasteiger partial charge in [-0.05, 0) is 11.1 Å². The first-order valence-corrected chi connectivity index (χ1v) is 7.33. The van der Waals surface area contributed by atoms with Crippen LogP contribution in [-0.2, 0) is 19.6 Å². The predicted octanol–water partition coefficient (Wildman–Crippen LogP) is -3.40. The second-order valence-electron chi connectivity index (χ2n) is 3.86. The van der Waals surface area contributed by atoms with Crippen LogP contribution in [0.2, 0.25) is 0 Å². The average molecular weight is 356 g/mol. The second-order valence-corrected chi connectivity index (χ2v) is 5.22. The Hall–Kier alpha value is -1.01. The van der Waals surface area contributed by atoms with Crippen molar-refractivity contribution in [3.63, 3.8) is 0 Å². The first-order valence-electron chi connectivity index (χ1n) is 5.89. The van der Waals surface area contributed by atoms with E-state index in [0.29, 0.717) is 0 Å². The number of carboxylic acids is 1. The molecule has 9 nitrogen and oxygen atoms in total. The summed E-state index contributed by atoms with van der Waals surface area (Å²) in [7, 11) is -4.96. The minimum atomic E-state index is -4.96. The molecule has 0 aliphatic heterocycles. The van der Waals surface area contributed by atoms with E-state index in [1.54, 1.807) is 0 Å². The SMILES string of the molecule is O=C(O)c1c[c-]cc(C(=O)OCCOCCO)c1S(=O)(=O)O.[Na+]. The van der Waals surface area contributed by atoms with Gasteiger partial charge in [-0.15, -0.1) is 0 Å². The van der Waals surface area contributed by atoms with Gasteiger partial charge in [-0.3, -0.25) is 14.1 Å². The van der Waals surface area contributed by atoms with Crippen molar-refractivity contribution in [3.8, 4) is 0 Å². The number of carbonyl (C=O) groups excluding carboxylic acids is 1. The Morgan fingerprint density at radius 2 is 1.74 bits per heavy atom. The summed E-state index contributed by atoms with van der Waals surface area (Å²) in [4.78, 5) is 21.7. The fourth-order valence-corrected chi connectivity index (χ4v) is 2.35. The van der Waals surface area contributed by atoms with Crippen LogP contribution in [0.5, 0.6) is 0 Å². The molecule has 0 atom stereocenters. The summed E-state index contributed by atoms with van der Waals surface area (Å²) < 4.78 is 41.3. The zero-order valence-electron chi connectivity index (χ0n) is 12.2. The summed E-state index contributed by atoms with van der Waals surface area (Å²) in [6.45, 7) is -0.469. The average Bonchev–Trinajstić information content (AvgIpc) is 2.45. The molecular formula is C12H13NaO9S. The molecule has 0 amide bonds.